The molecule has 4 nitrogen and oxygen atoms in total. The second-order valence-electron chi connectivity index (χ2n) is 5.55. The van der Waals surface area contributed by atoms with E-state index in [-0.39, 0.29) is 11.5 Å². The van der Waals surface area contributed by atoms with Gasteiger partial charge in [0.1, 0.15) is 13.8 Å². The van der Waals surface area contributed by atoms with E-state index >= 15 is 0 Å². The Morgan fingerprint density at radius 1 is 1.35 bits per heavy atom. The summed E-state index contributed by atoms with van der Waals surface area (Å²) in [6, 6.07) is 7.01. The van der Waals surface area contributed by atoms with Crippen LogP contribution in [0, 0.1) is 0 Å². The molecule has 110 valence electrons. The molecule has 1 aromatic carbocycles. The minimum atomic E-state index is -1.70. The van der Waals surface area contributed by atoms with Crippen LogP contribution in [0.2, 0.25) is 19.6 Å². The zero-order valence-corrected chi connectivity index (χ0v) is 13.5. The predicted octanol–water partition coefficient (Wildman–Crippen LogP) is 3.40. The number of carboxylic acid groups (broad SMARTS) is 1. The van der Waals surface area contributed by atoms with E-state index in [2.05, 4.69) is 26.2 Å². The molecule has 0 aliphatic heterocycles. The molecule has 0 saturated carbocycles. The Hall–Kier alpha value is -1.59. The maximum Gasteiger partial charge on any atom is 0.335 e. The number of para-hydroxylation sites is 1. The van der Waals surface area contributed by atoms with Crippen molar-refractivity contribution in [2.24, 2.45) is 0 Å². The molecule has 1 rings (SSSR count). The molecule has 1 unspecified atom stereocenters. The Morgan fingerprint density at radius 2 is 1.95 bits per heavy atom. The smallest absolute Gasteiger partial charge is 0.335 e. The molecule has 0 heterocycles. The summed E-state index contributed by atoms with van der Waals surface area (Å²) in [4.78, 5) is 11.1. The standard InChI is InChI=1S/C15H22O4Si/c1-6-18-15(20(3,4)5)19-13-10-8-7-9-12(13)11(2)14(16)17/h7-10,15H,2,6H2,1,3-5H3,(H,16,17). The SMILES string of the molecule is C=C(C(=O)O)c1ccccc1OC(OCC)[Si](C)(C)C. The fourth-order valence-corrected chi connectivity index (χ4v) is 2.81. The van der Waals surface area contributed by atoms with Crippen LogP contribution in [0.15, 0.2) is 30.8 Å². The highest BCUT2D eigenvalue weighted by atomic mass is 28.3. The molecule has 0 spiro atoms. The van der Waals surface area contributed by atoms with Gasteiger partial charge in [0, 0.05) is 12.2 Å². The summed E-state index contributed by atoms with van der Waals surface area (Å²) in [7, 11) is -1.70. The first-order valence-electron chi connectivity index (χ1n) is 6.57. The number of hydrogen-bond acceptors (Lipinski definition) is 3. The third-order valence-corrected chi connectivity index (χ3v) is 4.43. The summed E-state index contributed by atoms with van der Waals surface area (Å²) in [5.41, 5.74) is 0.509. The van der Waals surface area contributed by atoms with Crippen molar-refractivity contribution < 1.29 is 19.4 Å². The van der Waals surface area contributed by atoms with E-state index in [0.717, 1.165) is 0 Å². The van der Waals surface area contributed by atoms with Crippen molar-refractivity contribution in [1.82, 2.24) is 0 Å². The van der Waals surface area contributed by atoms with Gasteiger partial charge in [-0.3, -0.25) is 0 Å². The van der Waals surface area contributed by atoms with Crippen LogP contribution in [0.4, 0.5) is 0 Å². The number of carbonyl (C=O) groups is 1. The van der Waals surface area contributed by atoms with Crippen molar-refractivity contribution in [3.63, 3.8) is 0 Å². The van der Waals surface area contributed by atoms with Crippen LogP contribution in [0.5, 0.6) is 5.75 Å². The lowest BCUT2D eigenvalue weighted by Gasteiger charge is -2.29. The Labute approximate surface area is 121 Å². The van der Waals surface area contributed by atoms with Gasteiger partial charge in [-0.2, -0.15) is 0 Å². The number of aliphatic carboxylic acids is 1. The number of carboxylic acids is 1. The molecule has 0 saturated heterocycles. The molecule has 5 heteroatoms. The molecule has 0 radical (unpaired) electrons. The molecule has 1 atom stereocenters. The summed E-state index contributed by atoms with van der Waals surface area (Å²) in [5.74, 6) is -0.877. The lowest BCUT2D eigenvalue weighted by molar-refractivity contribution is -0.130. The lowest BCUT2D eigenvalue weighted by Crippen LogP contribution is -2.44. The zero-order chi connectivity index (χ0) is 15.3. The Kier molecular flexibility index (Phi) is 5.53. The van der Waals surface area contributed by atoms with Crippen molar-refractivity contribution >= 4 is 19.6 Å². The molecule has 0 aromatic heterocycles. The monoisotopic (exact) mass is 294 g/mol. The van der Waals surface area contributed by atoms with Gasteiger partial charge in [-0.05, 0) is 13.0 Å². The highest BCUT2D eigenvalue weighted by Crippen LogP contribution is 2.28. The summed E-state index contributed by atoms with van der Waals surface area (Å²) in [5, 5.41) is 9.08. The van der Waals surface area contributed by atoms with E-state index in [1.165, 1.54) is 0 Å². The van der Waals surface area contributed by atoms with E-state index < -0.39 is 14.0 Å². The van der Waals surface area contributed by atoms with Crippen LogP contribution in [0.1, 0.15) is 12.5 Å². The first kappa shape index (κ1) is 16.5. The number of rotatable bonds is 7. The molecular weight excluding hydrogens is 272 g/mol. The van der Waals surface area contributed by atoms with Crippen molar-refractivity contribution in [3.8, 4) is 5.75 Å². The Balaban J connectivity index is 3.07. The third kappa shape index (κ3) is 4.21. The van der Waals surface area contributed by atoms with Gasteiger partial charge in [0.25, 0.3) is 0 Å². The highest BCUT2D eigenvalue weighted by Gasteiger charge is 2.30. The van der Waals surface area contributed by atoms with Gasteiger partial charge in [0.2, 0.25) is 0 Å². The largest absolute Gasteiger partial charge is 0.478 e. The van der Waals surface area contributed by atoms with Crippen LogP contribution in [0.25, 0.3) is 5.57 Å². The summed E-state index contributed by atoms with van der Waals surface area (Å²) < 4.78 is 11.6. The van der Waals surface area contributed by atoms with E-state index in [1.807, 2.05) is 6.92 Å². The highest BCUT2D eigenvalue weighted by molar-refractivity contribution is 6.77. The quantitative estimate of drug-likeness (QED) is 0.476. The average molecular weight is 294 g/mol. The second kappa shape index (κ2) is 6.72. The summed E-state index contributed by atoms with van der Waals surface area (Å²) in [6.07, 6.45) is 0. The molecule has 0 aliphatic carbocycles. The molecule has 1 aromatic rings. The van der Waals surface area contributed by atoms with Crippen LogP contribution < -0.4 is 4.74 Å². The zero-order valence-electron chi connectivity index (χ0n) is 12.5. The van der Waals surface area contributed by atoms with Gasteiger partial charge in [0.05, 0.1) is 5.57 Å². The average Bonchev–Trinajstić information content (AvgIpc) is 2.36. The fourth-order valence-electron chi connectivity index (χ4n) is 1.66. The van der Waals surface area contributed by atoms with Crippen molar-refractivity contribution in [2.45, 2.75) is 32.5 Å². The summed E-state index contributed by atoms with van der Waals surface area (Å²) >= 11 is 0. The molecular formula is C15H22O4Si. The first-order chi connectivity index (χ1) is 9.27. The van der Waals surface area contributed by atoms with Crippen molar-refractivity contribution in [3.05, 3.63) is 36.4 Å². The number of ether oxygens (including phenoxy) is 2. The van der Waals surface area contributed by atoms with Gasteiger partial charge >= 0.3 is 5.97 Å². The van der Waals surface area contributed by atoms with Crippen LogP contribution >= 0.6 is 0 Å². The second-order valence-corrected chi connectivity index (χ2v) is 10.8. The predicted molar refractivity (Wildman–Crippen MR) is 82.5 cm³/mol. The van der Waals surface area contributed by atoms with Gasteiger partial charge in [0.15, 0.2) is 5.91 Å². The van der Waals surface area contributed by atoms with Crippen LogP contribution in [-0.2, 0) is 9.53 Å². The van der Waals surface area contributed by atoms with Gasteiger partial charge in [-0.25, -0.2) is 4.79 Å². The number of benzene rings is 1. The third-order valence-electron chi connectivity index (χ3n) is 2.73. The van der Waals surface area contributed by atoms with E-state index in [4.69, 9.17) is 14.6 Å². The van der Waals surface area contributed by atoms with Crippen molar-refractivity contribution in [2.75, 3.05) is 6.61 Å². The molecule has 0 amide bonds. The first-order valence-corrected chi connectivity index (χ1v) is 10.1. The molecule has 20 heavy (non-hydrogen) atoms. The molecule has 1 N–H and O–H groups in total. The minimum absolute atomic E-state index is 0.0198. The minimum Gasteiger partial charge on any atom is -0.478 e. The maximum atomic E-state index is 11.1. The Morgan fingerprint density at radius 3 is 2.45 bits per heavy atom. The van der Waals surface area contributed by atoms with E-state index in [9.17, 15) is 4.79 Å². The summed E-state index contributed by atoms with van der Waals surface area (Å²) in [6.45, 7) is 12.5. The van der Waals surface area contributed by atoms with E-state index in [0.29, 0.717) is 17.9 Å². The van der Waals surface area contributed by atoms with Crippen LogP contribution in [0.3, 0.4) is 0 Å². The van der Waals surface area contributed by atoms with Gasteiger partial charge < -0.3 is 14.6 Å². The normalized spacial score (nSPS) is 12.8. The van der Waals surface area contributed by atoms with E-state index in [1.54, 1.807) is 24.3 Å². The molecule has 0 fully saturated rings. The number of hydrogen-bond donors (Lipinski definition) is 1. The van der Waals surface area contributed by atoms with Crippen LogP contribution in [-0.4, -0.2) is 31.7 Å². The fraction of sp³-hybridized carbons (Fsp3) is 0.400. The topological polar surface area (TPSA) is 55.8 Å². The maximum absolute atomic E-state index is 11.1. The van der Waals surface area contributed by atoms with Gasteiger partial charge in [-0.1, -0.05) is 44.4 Å². The van der Waals surface area contributed by atoms with Crippen molar-refractivity contribution in [1.29, 1.82) is 0 Å². The lowest BCUT2D eigenvalue weighted by atomic mass is 10.1. The molecule has 0 bridgehead atoms. The van der Waals surface area contributed by atoms with Gasteiger partial charge in [-0.15, -0.1) is 0 Å². The molecule has 0 aliphatic rings. The Bertz CT molecular complexity index is 491.